The van der Waals surface area contributed by atoms with Crippen molar-refractivity contribution in [2.75, 3.05) is 23.3 Å². The van der Waals surface area contributed by atoms with Crippen LogP contribution in [0.1, 0.15) is 36.9 Å². The molecule has 0 spiro atoms. The molecule has 9 heteroatoms. The average Bonchev–Trinajstić information content (AvgIpc) is 3.31. The van der Waals surface area contributed by atoms with E-state index in [1.54, 1.807) is 29.9 Å². The molecule has 4 aromatic rings. The van der Waals surface area contributed by atoms with Gasteiger partial charge < -0.3 is 15.3 Å². The molecule has 2 N–H and O–H groups in total. The number of piperidine rings is 1. The number of aromatic nitrogens is 4. The highest BCUT2D eigenvalue weighted by Crippen LogP contribution is 2.34. The topological polar surface area (TPSA) is 95.7 Å². The lowest BCUT2D eigenvalue weighted by molar-refractivity contribution is -0.142. The molecule has 0 bridgehead atoms. The van der Waals surface area contributed by atoms with Crippen LogP contribution >= 0.6 is 0 Å². The third kappa shape index (κ3) is 3.83. The van der Waals surface area contributed by atoms with E-state index in [4.69, 9.17) is 4.98 Å². The molecule has 0 saturated carbocycles. The van der Waals surface area contributed by atoms with Gasteiger partial charge >= 0.3 is 5.97 Å². The monoisotopic (exact) mass is 448 g/mol. The molecule has 0 radical (unpaired) electrons. The fraction of sp³-hybridized carbons (Fsp3) is 0.333. The summed E-state index contributed by atoms with van der Waals surface area (Å²) in [5.41, 5.74) is 2.83. The summed E-state index contributed by atoms with van der Waals surface area (Å²) in [6.45, 7) is 4.95. The van der Waals surface area contributed by atoms with Crippen molar-refractivity contribution >= 4 is 34.2 Å². The minimum Gasteiger partial charge on any atom is -0.481 e. The molecule has 1 fully saturated rings. The van der Waals surface area contributed by atoms with Gasteiger partial charge in [0, 0.05) is 41.9 Å². The van der Waals surface area contributed by atoms with Crippen LogP contribution in [-0.4, -0.2) is 43.7 Å². The molecule has 0 aliphatic carbocycles. The Morgan fingerprint density at radius 3 is 2.76 bits per heavy atom. The fourth-order valence-corrected chi connectivity index (χ4v) is 4.52. The molecule has 0 unspecified atom stereocenters. The molecule has 5 rings (SSSR count). The SMILES string of the molecule is Cc1c(F)ccc2cc([C@H](C)Nc3ccnc4ccnn34)c(N3CCC(C(=O)O)CC3)nc12. The Labute approximate surface area is 190 Å². The Morgan fingerprint density at radius 2 is 2.00 bits per heavy atom. The van der Waals surface area contributed by atoms with E-state index in [9.17, 15) is 14.3 Å². The molecule has 1 saturated heterocycles. The van der Waals surface area contributed by atoms with Gasteiger partial charge in [-0.3, -0.25) is 4.79 Å². The van der Waals surface area contributed by atoms with Crippen molar-refractivity contribution in [1.29, 1.82) is 0 Å². The maximum atomic E-state index is 14.3. The smallest absolute Gasteiger partial charge is 0.306 e. The molecule has 1 aliphatic heterocycles. The fourth-order valence-electron chi connectivity index (χ4n) is 4.52. The minimum absolute atomic E-state index is 0.144. The molecule has 33 heavy (non-hydrogen) atoms. The van der Waals surface area contributed by atoms with E-state index in [0.29, 0.717) is 37.0 Å². The molecule has 4 heterocycles. The number of carbonyl (C=O) groups is 1. The molecule has 0 amide bonds. The number of hydrogen-bond donors (Lipinski definition) is 2. The highest BCUT2D eigenvalue weighted by Gasteiger charge is 2.28. The van der Waals surface area contributed by atoms with E-state index in [-0.39, 0.29) is 17.8 Å². The number of anilines is 2. The number of nitrogens with zero attached hydrogens (tertiary/aromatic N) is 5. The van der Waals surface area contributed by atoms with Crippen LogP contribution in [0, 0.1) is 18.7 Å². The Hall–Kier alpha value is -3.75. The average molecular weight is 449 g/mol. The van der Waals surface area contributed by atoms with E-state index in [1.165, 1.54) is 6.07 Å². The summed E-state index contributed by atoms with van der Waals surface area (Å²) in [7, 11) is 0. The first-order valence-corrected chi connectivity index (χ1v) is 11.0. The number of aliphatic carboxylic acids is 1. The zero-order valence-corrected chi connectivity index (χ0v) is 18.5. The van der Waals surface area contributed by atoms with Crippen molar-refractivity contribution in [1.82, 2.24) is 19.6 Å². The number of benzene rings is 1. The first-order valence-electron chi connectivity index (χ1n) is 11.0. The van der Waals surface area contributed by atoms with Crippen LogP contribution in [0.4, 0.5) is 16.0 Å². The van der Waals surface area contributed by atoms with E-state index in [1.807, 2.05) is 25.1 Å². The van der Waals surface area contributed by atoms with Crippen molar-refractivity contribution < 1.29 is 14.3 Å². The van der Waals surface area contributed by atoms with Crippen LogP contribution in [0.25, 0.3) is 16.6 Å². The normalized spacial score (nSPS) is 15.8. The predicted octanol–water partition coefficient (Wildman–Crippen LogP) is 4.20. The van der Waals surface area contributed by atoms with Gasteiger partial charge in [0.25, 0.3) is 0 Å². The van der Waals surface area contributed by atoms with E-state index < -0.39 is 5.97 Å². The maximum Gasteiger partial charge on any atom is 0.306 e. The Morgan fingerprint density at radius 1 is 1.21 bits per heavy atom. The van der Waals surface area contributed by atoms with Crippen LogP contribution in [0.15, 0.2) is 42.7 Å². The zero-order valence-electron chi connectivity index (χ0n) is 18.5. The van der Waals surface area contributed by atoms with E-state index >= 15 is 0 Å². The summed E-state index contributed by atoms with van der Waals surface area (Å²) in [6.07, 6.45) is 4.53. The molecule has 1 aromatic carbocycles. The standard InChI is InChI=1S/C24H25FN6O2/c1-14-19(25)4-3-17-13-18(15(2)28-21-5-9-26-20-6-10-27-31(20)21)23(29-22(14)17)30-11-7-16(8-12-30)24(32)33/h3-6,9-10,13,15-16,28H,7-8,11-12H2,1-2H3,(H,32,33)/t15-/m0/s1. The molecule has 8 nitrogen and oxygen atoms in total. The van der Waals surface area contributed by atoms with Crippen LogP contribution in [0.2, 0.25) is 0 Å². The van der Waals surface area contributed by atoms with Gasteiger partial charge in [-0.05, 0) is 51.0 Å². The van der Waals surface area contributed by atoms with Gasteiger partial charge in [-0.25, -0.2) is 14.4 Å². The third-order valence-corrected chi connectivity index (χ3v) is 6.45. The summed E-state index contributed by atoms with van der Waals surface area (Å²) < 4.78 is 16.0. The number of fused-ring (bicyclic) bond motifs is 2. The van der Waals surface area contributed by atoms with Crippen molar-refractivity contribution in [2.45, 2.75) is 32.7 Å². The molecular formula is C24H25FN6O2. The number of nitrogens with one attached hydrogen (secondary N) is 1. The minimum atomic E-state index is -0.754. The first-order chi connectivity index (χ1) is 15.9. The summed E-state index contributed by atoms with van der Waals surface area (Å²) in [4.78, 5) is 22.8. The second kappa shape index (κ2) is 8.31. The zero-order chi connectivity index (χ0) is 23.1. The van der Waals surface area contributed by atoms with Crippen molar-refractivity contribution in [3.63, 3.8) is 0 Å². The lowest BCUT2D eigenvalue weighted by atomic mass is 9.96. The van der Waals surface area contributed by atoms with Gasteiger partial charge in [-0.2, -0.15) is 9.61 Å². The third-order valence-electron chi connectivity index (χ3n) is 6.45. The molecule has 3 aromatic heterocycles. The molecule has 1 atom stereocenters. The molecule has 1 aliphatic rings. The van der Waals surface area contributed by atoms with Gasteiger partial charge in [-0.15, -0.1) is 0 Å². The number of carboxylic acid groups (broad SMARTS) is 1. The number of halogens is 1. The number of rotatable bonds is 5. The van der Waals surface area contributed by atoms with Crippen molar-refractivity contribution in [3.8, 4) is 0 Å². The second-order valence-electron chi connectivity index (χ2n) is 8.54. The number of pyridine rings is 1. The van der Waals surface area contributed by atoms with Gasteiger partial charge in [0.2, 0.25) is 0 Å². The first kappa shape index (κ1) is 21.1. The van der Waals surface area contributed by atoms with Crippen LogP contribution < -0.4 is 10.2 Å². The van der Waals surface area contributed by atoms with Gasteiger partial charge in [0.15, 0.2) is 5.65 Å². The van der Waals surface area contributed by atoms with E-state index in [0.717, 1.165) is 28.2 Å². The lowest BCUT2D eigenvalue weighted by Gasteiger charge is -2.33. The maximum absolute atomic E-state index is 14.3. The van der Waals surface area contributed by atoms with Crippen LogP contribution in [0.5, 0.6) is 0 Å². The quantitative estimate of drug-likeness (QED) is 0.472. The molecular weight excluding hydrogens is 423 g/mol. The molecule has 170 valence electrons. The lowest BCUT2D eigenvalue weighted by Crippen LogP contribution is -2.37. The summed E-state index contributed by atoms with van der Waals surface area (Å²) >= 11 is 0. The number of aryl methyl sites for hydroxylation is 1. The Balaban J connectivity index is 1.56. The number of hydrogen-bond acceptors (Lipinski definition) is 6. The van der Waals surface area contributed by atoms with Crippen molar-refractivity contribution in [3.05, 3.63) is 59.7 Å². The highest BCUT2D eigenvalue weighted by molar-refractivity contribution is 5.85. The second-order valence-corrected chi connectivity index (χ2v) is 8.54. The summed E-state index contributed by atoms with van der Waals surface area (Å²) in [5, 5.41) is 18.1. The van der Waals surface area contributed by atoms with Gasteiger partial charge in [0.05, 0.1) is 23.7 Å². The summed E-state index contributed by atoms with van der Waals surface area (Å²) in [6, 6.07) is 8.82. The summed E-state index contributed by atoms with van der Waals surface area (Å²) in [5.74, 6) is 0.163. The van der Waals surface area contributed by atoms with Gasteiger partial charge in [0.1, 0.15) is 17.5 Å². The Bertz CT molecular complexity index is 1350. The van der Waals surface area contributed by atoms with E-state index in [2.05, 4.69) is 20.3 Å². The van der Waals surface area contributed by atoms with Crippen molar-refractivity contribution in [2.24, 2.45) is 5.92 Å². The number of carboxylic acids is 1. The predicted molar refractivity (Wildman–Crippen MR) is 124 cm³/mol. The largest absolute Gasteiger partial charge is 0.481 e. The van der Waals surface area contributed by atoms with Crippen LogP contribution in [0.3, 0.4) is 0 Å². The Kier molecular flexibility index (Phi) is 5.32. The highest BCUT2D eigenvalue weighted by atomic mass is 19.1. The van der Waals surface area contributed by atoms with Gasteiger partial charge in [-0.1, -0.05) is 0 Å². The van der Waals surface area contributed by atoms with Crippen LogP contribution in [-0.2, 0) is 4.79 Å².